The molecule has 0 unspecified atom stereocenters. The fourth-order valence-electron chi connectivity index (χ4n) is 11.8. The second-order valence-electron chi connectivity index (χ2n) is 16.0. The number of hydrogen-bond acceptors (Lipinski definition) is 5. The van der Waals surface area contributed by atoms with E-state index in [-0.39, 0.29) is 30.1 Å². The van der Waals surface area contributed by atoms with Crippen molar-refractivity contribution < 1.29 is 19.1 Å². The molecule has 12 atom stereocenters. The van der Waals surface area contributed by atoms with E-state index in [4.69, 9.17) is 9.47 Å². The van der Waals surface area contributed by atoms with Gasteiger partial charge in [0.15, 0.2) is 5.79 Å². The number of ether oxygens (including phenoxy) is 2. The standard InChI is InChI=1S/C34H55N3O4/c1-21-7-12-34(40-20-21)22(2)31-28(41-34)18-27-25-6-5-23-17-24(8-10-32(23,3)26(25)9-11-33(27,31)4)36-29(38)19-30(39)37-15-13-35-14-16-37/h21-28,31,35H,5-20H2,1-4H3,(H,36,38)/t21-,22+,23+,24-,25-,26+,27+,28+,31+,32+,33+,34-/m1/s1. The van der Waals surface area contributed by atoms with Gasteiger partial charge < -0.3 is 25.0 Å². The maximum absolute atomic E-state index is 12.8. The molecule has 230 valence electrons. The normalized spacial score (nSPS) is 50.9. The van der Waals surface area contributed by atoms with E-state index in [1.165, 1.54) is 44.9 Å². The minimum Gasteiger partial charge on any atom is -0.353 e. The average molecular weight is 570 g/mol. The van der Waals surface area contributed by atoms with Crippen LogP contribution in [0.4, 0.5) is 0 Å². The van der Waals surface area contributed by atoms with Crippen LogP contribution in [0, 0.1) is 52.3 Å². The molecule has 7 rings (SSSR count). The Morgan fingerprint density at radius 1 is 0.927 bits per heavy atom. The number of piperazine rings is 1. The molecule has 0 aromatic rings. The summed E-state index contributed by atoms with van der Waals surface area (Å²) in [5.74, 6) is 4.37. The molecule has 3 aliphatic heterocycles. The highest BCUT2D eigenvalue weighted by atomic mass is 16.7. The first-order chi connectivity index (χ1) is 19.6. The first-order valence-corrected chi connectivity index (χ1v) is 17.2. The second-order valence-corrected chi connectivity index (χ2v) is 16.0. The molecule has 3 heterocycles. The molecule has 0 radical (unpaired) electrons. The van der Waals surface area contributed by atoms with Gasteiger partial charge in [0.25, 0.3) is 0 Å². The quantitative estimate of drug-likeness (QED) is 0.480. The number of amides is 2. The molecular formula is C34H55N3O4. The van der Waals surface area contributed by atoms with Crippen LogP contribution in [0.3, 0.4) is 0 Å². The topological polar surface area (TPSA) is 79.9 Å². The van der Waals surface area contributed by atoms with Crippen molar-refractivity contribution in [3.05, 3.63) is 0 Å². The predicted octanol–water partition coefficient (Wildman–Crippen LogP) is 4.74. The third kappa shape index (κ3) is 4.61. The molecule has 2 N–H and O–H groups in total. The van der Waals surface area contributed by atoms with E-state index in [9.17, 15) is 9.59 Å². The molecule has 4 aliphatic carbocycles. The summed E-state index contributed by atoms with van der Waals surface area (Å²) < 4.78 is 13.5. The van der Waals surface area contributed by atoms with E-state index in [0.717, 1.165) is 56.7 Å². The molecule has 3 saturated heterocycles. The first-order valence-electron chi connectivity index (χ1n) is 17.2. The number of nitrogens with one attached hydrogen (secondary N) is 2. The Hall–Kier alpha value is -1.18. The van der Waals surface area contributed by atoms with Gasteiger partial charge >= 0.3 is 0 Å². The number of carbonyl (C=O) groups excluding carboxylic acids is 2. The maximum Gasteiger partial charge on any atom is 0.232 e. The van der Waals surface area contributed by atoms with Crippen molar-refractivity contribution in [2.24, 2.45) is 52.3 Å². The van der Waals surface area contributed by atoms with E-state index >= 15 is 0 Å². The molecule has 0 bridgehead atoms. The smallest absolute Gasteiger partial charge is 0.232 e. The summed E-state index contributed by atoms with van der Waals surface area (Å²) in [5, 5.41) is 6.56. The van der Waals surface area contributed by atoms with Gasteiger partial charge in [-0.1, -0.05) is 27.7 Å². The molecule has 0 aromatic carbocycles. The van der Waals surface area contributed by atoms with E-state index in [2.05, 4.69) is 38.3 Å². The van der Waals surface area contributed by atoms with Crippen LogP contribution in [0.25, 0.3) is 0 Å². The molecule has 7 heteroatoms. The van der Waals surface area contributed by atoms with Crippen LogP contribution < -0.4 is 10.6 Å². The van der Waals surface area contributed by atoms with Crippen LogP contribution in [0.2, 0.25) is 0 Å². The Morgan fingerprint density at radius 2 is 1.71 bits per heavy atom. The van der Waals surface area contributed by atoms with Crippen LogP contribution in [0.1, 0.15) is 98.3 Å². The zero-order chi connectivity index (χ0) is 28.6. The third-order valence-corrected chi connectivity index (χ3v) is 14.1. The Labute approximate surface area is 247 Å². The van der Waals surface area contributed by atoms with Crippen molar-refractivity contribution in [3.63, 3.8) is 0 Å². The Morgan fingerprint density at radius 3 is 2.46 bits per heavy atom. The van der Waals surface area contributed by atoms with E-state index in [1.807, 2.05) is 4.90 Å². The molecule has 7 fully saturated rings. The van der Waals surface area contributed by atoms with Gasteiger partial charge in [-0.2, -0.15) is 0 Å². The molecule has 0 aromatic heterocycles. The zero-order valence-electron chi connectivity index (χ0n) is 26.1. The van der Waals surface area contributed by atoms with Gasteiger partial charge in [-0.25, -0.2) is 0 Å². The fraction of sp³-hybridized carbons (Fsp3) is 0.941. The Bertz CT molecular complexity index is 1020. The van der Waals surface area contributed by atoms with Gasteiger partial charge in [-0.05, 0) is 104 Å². The molecule has 1 spiro atoms. The van der Waals surface area contributed by atoms with Crippen LogP contribution in [-0.2, 0) is 19.1 Å². The van der Waals surface area contributed by atoms with Gasteiger partial charge in [0.1, 0.15) is 6.42 Å². The summed E-state index contributed by atoms with van der Waals surface area (Å²) in [6, 6.07) is 0.219. The van der Waals surface area contributed by atoms with E-state index in [0.29, 0.717) is 53.7 Å². The minimum absolute atomic E-state index is 0.00241. The molecule has 41 heavy (non-hydrogen) atoms. The lowest BCUT2D eigenvalue weighted by molar-refractivity contribution is -0.273. The zero-order valence-corrected chi connectivity index (χ0v) is 26.1. The lowest BCUT2D eigenvalue weighted by Gasteiger charge is -2.61. The lowest BCUT2D eigenvalue weighted by Crippen LogP contribution is -2.56. The van der Waals surface area contributed by atoms with Crippen LogP contribution in [0.15, 0.2) is 0 Å². The summed E-state index contributed by atoms with van der Waals surface area (Å²) >= 11 is 0. The largest absolute Gasteiger partial charge is 0.353 e. The highest BCUT2D eigenvalue weighted by molar-refractivity contribution is 5.97. The summed E-state index contributed by atoms with van der Waals surface area (Å²) in [6.07, 6.45) is 12.5. The predicted molar refractivity (Wildman–Crippen MR) is 158 cm³/mol. The lowest BCUT2D eigenvalue weighted by atomic mass is 9.44. The Kier molecular flexibility index (Phi) is 7.30. The van der Waals surface area contributed by atoms with Crippen LogP contribution >= 0.6 is 0 Å². The van der Waals surface area contributed by atoms with E-state index < -0.39 is 0 Å². The monoisotopic (exact) mass is 569 g/mol. The second kappa shape index (κ2) is 10.5. The molecule has 2 amide bonds. The van der Waals surface area contributed by atoms with Crippen molar-refractivity contribution in [2.75, 3.05) is 32.8 Å². The number of nitrogens with zero attached hydrogens (tertiary/aromatic N) is 1. The number of carbonyl (C=O) groups is 2. The molecule has 7 nitrogen and oxygen atoms in total. The van der Waals surface area contributed by atoms with Crippen molar-refractivity contribution in [2.45, 2.75) is 116 Å². The van der Waals surface area contributed by atoms with E-state index in [1.54, 1.807) is 0 Å². The van der Waals surface area contributed by atoms with Crippen molar-refractivity contribution in [1.82, 2.24) is 15.5 Å². The van der Waals surface area contributed by atoms with Crippen molar-refractivity contribution in [3.8, 4) is 0 Å². The number of fused-ring (bicyclic) bond motifs is 7. The van der Waals surface area contributed by atoms with Gasteiger partial charge in [0.2, 0.25) is 11.8 Å². The average Bonchev–Trinajstić information content (AvgIpc) is 3.40. The van der Waals surface area contributed by atoms with Gasteiger partial charge in [-0.15, -0.1) is 0 Å². The van der Waals surface area contributed by atoms with Gasteiger partial charge in [-0.3, -0.25) is 9.59 Å². The number of rotatable bonds is 3. The first kappa shape index (κ1) is 28.6. The van der Waals surface area contributed by atoms with Crippen molar-refractivity contribution >= 4 is 11.8 Å². The minimum atomic E-state index is -0.325. The summed E-state index contributed by atoms with van der Waals surface area (Å²) in [5.41, 5.74) is 0.739. The number of hydrogen-bond donors (Lipinski definition) is 2. The highest BCUT2D eigenvalue weighted by Crippen LogP contribution is 2.71. The molecule has 4 saturated carbocycles. The van der Waals surface area contributed by atoms with Crippen LogP contribution in [-0.4, -0.2) is 67.4 Å². The van der Waals surface area contributed by atoms with Crippen LogP contribution in [0.5, 0.6) is 0 Å². The third-order valence-electron chi connectivity index (χ3n) is 14.1. The van der Waals surface area contributed by atoms with Gasteiger partial charge in [0, 0.05) is 44.6 Å². The van der Waals surface area contributed by atoms with Gasteiger partial charge in [0.05, 0.1) is 12.7 Å². The molecule has 7 aliphatic rings. The summed E-state index contributed by atoms with van der Waals surface area (Å²) in [4.78, 5) is 27.3. The summed E-state index contributed by atoms with van der Waals surface area (Å²) in [6.45, 7) is 13.9. The fourth-order valence-corrected chi connectivity index (χ4v) is 11.8. The Balaban J connectivity index is 0.984. The highest BCUT2D eigenvalue weighted by Gasteiger charge is 2.69. The maximum atomic E-state index is 12.8. The SMILES string of the molecule is C[C@@H]1CC[C@@]2(OC1)O[C@H]1C[C@H]3[C@@H]4CC[C@H]5C[C@H](NC(=O)CC(=O)N6CCNCC6)CC[C@]5(C)[C@H]4CC[C@]3(C)[C@H]1[C@@H]2C. The molecular weight excluding hydrogens is 514 g/mol. The summed E-state index contributed by atoms with van der Waals surface area (Å²) in [7, 11) is 0. The van der Waals surface area contributed by atoms with Crippen molar-refractivity contribution in [1.29, 1.82) is 0 Å².